The van der Waals surface area contributed by atoms with Gasteiger partial charge in [0.05, 0.1) is 11.6 Å². The van der Waals surface area contributed by atoms with Crippen molar-refractivity contribution in [3.05, 3.63) is 27.5 Å². The van der Waals surface area contributed by atoms with E-state index in [-0.39, 0.29) is 0 Å². The second-order valence-corrected chi connectivity index (χ2v) is 6.72. The highest BCUT2D eigenvalue weighted by molar-refractivity contribution is 7.11. The van der Waals surface area contributed by atoms with Crippen molar-refractivity contribution in [2.75, 3.05) is 5.32 Å². The van der Waals surface area contributed by atoms with E-state index >= 15 is 0 Å². The van der Waals surface area contributed by atoms with Crippen LogP contribution < -0.4 is 5.32 Å². The van der Waals surface area contributed by atoms with Gasteiger partial charge in [-0.15, -0.1) is 11.3 Å². The van der Waals surface area contributed by atoms with E-state index in [0.29, 0.717) is 5.92 Å². The zero-order valence-corrected chi connectivity index (χ0v) is 11.8. The summed E-state index contributed by atoms with van der Waals surface area (Å²) in [5.74, 6) is 2.38. The fourth-order valence-electron chi connectivity index (χ4n) is 2.33. The predicted molar refractivity (Wildman–Crippen MR) is 74.6 cm³/mol. The first-order valence-corrected chi connectivity index (χ1v) is 7.77. The van der Waals surface area contributed by atoms with Gasteiger partial charge in [0, 0.05) is 22.9 Å². The van der Waals surface area contributed by atoms with Gasteiger partial charge in [-0.05, 0) is 32.6 Å². The van der Waals surface area contributed by atoms with E-state index in [4.69, 9.17) is 4.52 Å². The molecule has 0 spiro atoms. The molecule has 2 aliphatic carbocycles. The number of hydrogen-bond acceptors (Lipinski definition) is 5. The minimum Gasteiger partial charge on any atom is -0.376 e. The first-order chi connectivity index (χ1) is 9.31. The Kier molecular flexibility index (Phi) is 2.62. The largest absolute Gasteiger partial charge is 0.376 e. The van der Waals surface area contributed by atoms with Crippen molar-refractivity contribution >= 4 is 17.0 Å². The second-order valence-electron chi connectivity index (χ2n) is 5.57. The maximum absolute atomic E-state index is 5.44. The van der Waals surface area contributed by atoms with E-state index in [0.717, 1.165) is 29.6 Å². The van der Waals surface area contributed by atoms with Crippen LogP contribution in [0, 0.1) is 6.92 Å². The van der Waals surface area contributed by atoms with Crippen LogP contribution in [0.2, 0.25) is 0 Å². The van der Waals surface area contributed by atoms with Crippen LogP contribution in [0.3, 0.4) is 0 Å². The third-order valence-electron chi connectivity index (χ3n) is 3.77. The number of anilines is 1. The van der Waals surface area contributed by atoms with Crippen molar-refractivity contribution in [2.45, 2.75) is 51.0 Å². The Bertz CT molecular complexity index is 596. The molecule has 4 rings (SSSR count). The molecule has 0 bridgehead atoms. The molecule has 19 heavy (non-hydrogen) atoms. The molecule has 2 heterocycles. The summed E-state index contributed by atoms with van der Waals surface area (Å²) in [6.45, 7) is 2.83. The van der Waals surface area contributed by atoms with Gasteiger partial charge in [-0.25, -0.2) is 4.98 Å². The van der Waals surface area contributed by atoms with Crippen LogP contribution in [0.15, 0.2) is 10.7 Å². The number of hydrogen-bond donors (Lipinski definition) is 1. The van der Waals surface area contributed by atoms with Gasteiger partial charge in [-0.3, -0.25) is 0 Å². The average molecular weight is 275 g/mol. The number of aromatic nitrogens is 2. The summed E-state index contributed by atoms with van der Waals surface area (Å²) in [6.07, 6.45) is 7.10. The topological polar surface area (TPSA) is 51.0 Å². The Balaban J connectivity index is 1.47. The van der Waals surface area contributed by atoms with Crippen LogP contribution in [-0.2, 0) is 6.54 Å². The normalized spacial score (nSPS) is 18.8. The van der Waals surface area contributed by atoms with Gasteiger partial charge in [0.25, 0.3) is 0 Å². The van der Waals surface area contributed by atoms with Gasteiger partial charge in [0.1, 0.15) is 11.4 Å². The number of nitrogens with zero attached hydrogens (tertiary/aromatic N) is 2. The molecular formula is C14H17N3OS. The van der Waals surface area contributed by atoms with E-state index < -0.39 is 0 Å². The Morgan fingerprint density at radius 3 is 2.84 bits per heavy atom. The third-order valence-corrected chi connectivity index (χ3v) is 4.93. The first kappa shape index (κ1) is 11.5. The monoisotopic (exact) mass is 275 g/mol. The lowest BCUT2D eigenvalue weighted by Crippen LogP contribution is -2.00. The maximum Gasteiger partial charge on any atom is 0.163 e. The Hall–Kier alpha value is -1.36. The number of thiazole rings is 1. The third kappa shape index (κ3) is 2.27. The van der Waals surface area contributed by atoms with Crippen LogP contribution in [0.4, 0.5) is 5.69 Å². The van der Waals surface area contributed by atoms with Crippen molar-refractivity contribution in [3.8, 4) is 0 Å². The van der Waals surface area contributed by atoms with Crippen LogP contribution in [0.25, 0.3) is 0 Å². The standard InChI is InChI=1S/C14H17N3OS/c1-8-12(13(18-17-8)9-2-3-9)15-6-11-7-16-14(19-11)10-4-5-10/h7,9-10,15H,2-6H2,1H3. The van der Waals surface area contributed by atoms with Crippen LogP contribution in [0.5, 0.6) is 0 Å². The van der Waals surface area contributed by atoms with Crippen molar-refractivity contribution in [1.29, 1.82) is 0 Å². The summed E-state index contributed by atoms with van der Waals surface area (Å²) in [5.41, 5.74) is 2.07. The Morgan fingerprint density at radius 1 is 1.32 bits per heavy atom. The fraction of sp³-hybridized carbons (Fsp3) is 0.571. The molecule has 0 amide bonds. The smallest absolute Gasteiger partial charge is 0.163 e. The van der Waals surface area contributed by atoms with Crippen LogP contribution >= 0.6 is 11.3 Å². The molecular weight excluding hydrogens is 258 g/mol. The average Bonchev–Trinajstić information content (AvgIpc) is 3.33. The SMILES string of the molecule is Cc1noc(C2CC2)c1NCc1cnc(C2CC2)s1. The highest BCUT2D eigenvalue weighted by Gasteiger charge is 2.31. The number of aryl methyl sites for hydroxylation is 1. The lowest BCUT2D eigenvalue weighted by Gasteiger charge is -2.04. The Morgan fingerprint density at radius 2 is 2.11 bits per heavy atom. The summed E-state index contributed by atoms with van der Waals surface area (Å²) >= 11 is 1.84. The van der Waals surface area contributed by atoms with Crippen molar-refractivity contribution in [3.63, 3.8) is 0 Å². The summed E-state index contributed by atoms with van der Waals surface area (Å²) in [7, 11) is 0. The first-order valence-electron chi connectivity index (χ1n) is 6.96. The highest BCUT2D eigenvalue weighted by Crippen LogP contribution is 2.45. The molecule has 2 aromatic heterocycles. The van der Waals surface area contributed by atoms with E-state index in [2.05, 4.69) is 15.5 Å². The van der Waals surface area contributed by atoms with E-state index in [1.807, 2.05) is 24.5 Å². The molecule has 0 atom stereocenters. The zero-order valence-electron chi connectivity index (χ0n) is 11.0. The van der Waals surface area contributed by atoms with Gasteiger partial charge in [0.15, 0.2) is 5.76 Å². The van der Waals surface area contributed by atoms with Gasteiger partial charge >= 0.3 is 0 Å². The zero-order chi connectivity index (χ0) is 12.8. The van der Waals surface area contributed by atoms with Crippen molar-refractivity contribution in [1.82, 2.24) is 10.1 Å². The molecule has 0 aromatic carbocycles. The quantitative estimate of drug-likeness (QED) is 0.901. The summed E-state index contributed by atoms with van der Waals surface area (Å²) in [6, 6.07) is 0. The van der Waals surface area contributed by atoms with Crippen molar-refractivity contribution < 1.29 is 4.52 Å². The van der Waals surface area contributed by atoms with Gasteiger partial charge in [0.2, 0.25) is 0 Å². The van der Waals surface area contributed by atoms with Crippen molar-refractivity contribution in [2.24, 2.45) is 0 Å². The number of rotatable bonds is 5. The molecule has 2 saturated carbocycles. The predicted octanol–water partition coefficient (Wildman–Crippen LogP) is 3.81. The summed E-state index contributed by atoms with van der Waals surface area (Å²) in [5, 5.41) is 8.88. The molecule has 2 fully saturated rings. The van der Waals surface area contributed by atoms with Crippen LogP contribution in [0.1, 0.15) is 58.9 Å². The van der Waals surface area contributed by atoms with Gasteiger partial charge in [-0.2, -0.15) is 0 Å². The van der Waals surface area contributed by atoms with E-state index in [1.165, 1.54) is 35.6 Å². The van der Waals surface area contributed by atoms with Gasteiger partial charge < -0.3 is 9.84 Å². The Labute approximate surface area is 116 Å². The molecule has 0 aliphatic heterocycles. The number of nitrogens with one attached hydrogen (secondary N) is 1. The molecule has 100 valence electrons. The van der Waals surface area contributed by atoms with E-state index in [9.17, 15) is 0 Å². The van der Waals surface area contributed by atoms with Gasteiger partial charge in [-0.1, -0.05) is 5.16 Å². The minimum absolute atomic E-state index is 0.590. The van der Waals surface area contributed by atoms with Crippen LogP contribution in [-0.4, -0.2) is 10.1 Å². The molecule has 0 unspecified atom stereocenters. The van der Waals surface area contributed by atoms with E-state index in [1.54, 1.807) is 0 Å². The molecule has 0 radical (unpaired) electrons. The summed E-state index contributed by atoms with van der Waals surface area (Å²) < 4.78 is 5.44. The fourth-order valence-corrected chi connectivity index (χ4v) is 3.35. The molecule has 4 nitrogen and oxygen atoms in total. The minimum atomic E-state index is 0.590. The lowest BCUT2D eigenvalue weighted by molar-refractivity contribution is 0.381. The molecule has 2 aromatic rings. The molecule has 2 aliphatic rings. The summed E-state index contributed by atoms with van der Waals surface area (Å²) in [4.78, 5) is 5.81. The lowest BCUT2D eigenvalue weighted by atomic mass is 10.2. The highest BCUT2D eigenvalue weighted by atomic mass is 32.1. The second kappa shape index (κ2) is 4.34. The molecule has 5 heteroatoms. The maximum atomic E-state index is 5.44. The molecule has 0 saturated heterocycles. The molecule has 1 N–H and O–H groups in total.